The fraction of sp³-hybridized carbons (Fsp3) is 1.00. The Kier molecular flexibility index (Phi) is 23.6. The van der Waals surface area contributed by atoms with Crippen LogP contribution in [-0.4, -0.2) is 108 Å². The first-order chi connectivity index (χ1) is 18.5. The largest absolute Gasteiger partial charge is 0.337 e. The van der Waals surface area contributed by atoms with E-state index in [2.05, 4.69) is 0 Å². The van der Waals surface area contributed by atoms with Crippen LogP contribution in [0.4, 0.5) is 0 Å². The third-order valence-corrected chi connectivity index (χ3v) is 15.0. The van der Waals surface area contributed by atoms with Crippen LogP contribution in [0.3, 0.4) is 0 Å². The summed E-state index contributed by atoms with van der Waals surface area (Å²) in [5.74, 6) is -5.50. The molecule has 34 heteroatoms. The van der Waals surface area contributed by atoms with E-state index in [1.165, 1.54) is 19.3 Å². The molecule has 0 aliphatic heterocycles. The molecular formula is C10H38N2O24P8. The molecule has 0 radical (unpaired) electrons. The second kappa shape index (κ2) is 20.0. The van der Waals surface area contributed by atoms with Crippen molar-refractivity contribution in [2.45, 2.75) is 37.8 Å². The molecule has 0 atom stereocenters. The van der Waals surface area contributed by atoms with Crippen molar-refractivity contribution in [2.24, 2.45) is 11.5 Å². The number of hydrogen-bond acceptors (Lipinski definition) is 10. The zero-order valence-electron chi connectivity index (χ0n) is 22.0. The van der Waals surface area contributed by atoms with Gasteiger partial charge in [0.2, 0.25) is 0 Å². The Hall–Kier alpha value is 1.12. The van der Waals surface area contributed by atoms with Crippen molar-refractivity contribution in [3.63, 3.8) is 0 Å². The van der Waals surface area contributed by atoms with Crippen LogP contribution in [0.15, 0.2) is 0 Å². The van der Waals surface area contributed by atoms with Gasteiger partial charge in [0.15, 0.2) is 23.6 Å². The summed E-state index contributed by atoms with van der Waals surface area (Å²) in [5, 5.41) is 0. The minimum atomic E-state index is -4.55. The van der Waals surface area contributed by atoms with Gasteiger partial charge in [0.05, 0.1) is 5.66 Å². The molecular weight excluding hydrogens is 780 g/mol. The zero-order valence-corrected chi connectivity index (χ0v) is 29.2. The third-order valence-electron chi connectivity index (χ3n) is 3.26. The zero-order chi connectivity index (χ0) is 36.9. The van der Waals surface area contributed by atoms with Crippen molar-refractivity contribution in [3.8, 4) is 0 Å². The summed E-state index contributed by atoms with van der Waals surface area (Å²) >= 11 is 0. The Labute approximate surface area is 248 Å². The molecule has 1 fully saturated rings. The average Bonchev–Trinajstić information content (AvgIpc) is 2.49. The highest BCUT2D eigenvalue weighted by Gasteiger charge is 2.29. The lowest BCUT2D eigenvalue weighted by molar-refractivity contribution is 0.306. The Morgan fingerprint density at radius 1 is 0.341 bits per heavy atom. The van der Waals surface area contributed by atoms with Crippen molar-refractivity contribution in [1.29, 1.82) is 0 Å². The van der Waals surface area contributed by atoms with Gasteiger partial charge < -0.3 is 89.8 Å². The predicted molar refractivity (Wildman–Crippen MR) is 150 cm³/mol. The van der Waals surface area contributed by atoms with Gasteiger partial charge in [0.25, 0.3) is 0 Å². The van der Waals surface area contributed by atoms with Gasteiger partial charge in [-0.25, -0.2) is 0 Å². The summed E-state index contributed by atoms with van der Waals surface area (Å²) in [6.45, 7) is 0. The van der Waals surface area contributed by atoms with E-state index < -0.39 is 84.4 Å². The van der Waals surface area contributed by atoms with Gasteiger partial charge in [0.1, 0.15) is 0 Å². The van der Waals surface area contributed by atoms with E-state index in [1.54, 1.807) is 0 Å². The van der Waals surface area contributed by atoms with Crippen molar-refractivity contribution < 1.29 is 115 Å². The molecule has 0 aromatic carbocycles. The minimum Gasteiger partial charge on any atom is -0.324 e. The number of hydrogen-bond donors (Lipinski definition) is 18. The standard InChI is InChI=1S/C6H14N2.4CH6O6P2/c7-6(8)4-2-1-3-5-6;4*2-8(3,4)1-9(5,6)7/h1-5,7-8H2;4*1H2,(H2,2,3,4)(H2,5,6,7). The second-order valence-electron chi connectivity index (χ2n) is 8.68. The first-order valence-corrected chi connectivity index (χ1v) is 24.9. The fourth-order valence-electron chi connectivity index (χ4n) is 2.17. The molecule has 0 unspecified atom stereocenters. The summed E-state index contributed by atoms with van der Waals surface area (Å²) in [6.07, 6.45) is 5.76. The lowest BCUT2D eigenvalue weighted by atomic mass is 9.91. The molecule has 0 spiro atoms. The van der Waals surface area contributed by atoms with Crippen LogP contribution in [0.25, 0.3) is 0 Å². The molecule has 0 aromatic rings. The summed E-state index contributed by atoms with van der Waals surface area (Å²) in [7, 11) is -36.4. The minimum absolute atomic E-state index is 0.321. The maximum Gasteiger partial charge on any atom is 0.337 e. The highest BCUT2D eigenvalue weighted by Crippen LogP contribution is 2.53. The SMILES string of the molecule is NC1(N)CCCCC1.O=P(O)(O)CP(=O)(O)O.O=P(O)(O)CP(=O)(O)O.O=P(O)(O)CP(=O)(O)O.O=P(O)(O)CP(=O)(O)O. The maximum atomic E-state index is 9.85. The maximum absolute atomic E-state index is 9.85. The normalized spacial score (nSPS) is 16.3. The van der Waals surface area contributed by atoms with Gasteiger partial charge in [-0.05, 0) is 12.8 Å². The van der Waals surface area contributed by atoms with Gasteiger partial charge >= 0.3 is 60.8 Å². The Morgan fingerprint density at radius 2 is 0.477 bits per heavy atom. The van der Waals surface area contributed by atoms with Gasteiger partial charge in [0, 0.05) is 0 Å². The van der Waals surface area contributed by atoms with E-state index in [-0.39, 0.29) is 5.66 Å². The Morgan fingerprint density at radius 3 is 0.523 bits per heavy atom. The molecule has 44 heavy (non-hydrogen) atoms. The first-order valence-electron chi connectivity index (χ1n) is 10.5. The monoisotopic (exact) mass is 818 g/mol. The van der Waals surface area contributed by atoms with Crippen LogP contribution in [0.1, 0.15) is 32.1 Å². The number of rotatable bonds is 8. The van der Waals surface area contributed by atoms with E-state index in [4.69, 9.17) is 89.8 Å². The summed E-state index contributed by atoms with van der Waals surface area (Å²) in [4.78, 5) is 128. The summed E-state index contributed by atoms with van der Waals surface area (Å²) < 4.78 is 78.8. The molecule has 0 amide bonds. The molecule has 0 aromatic heterocycles. The van der Waals surface area contributed by atoms with E-state index >= 15 is 0 Å². The Balaban J connectivity index is -0.000000227. The van der Waals surface area contributed by atoms with Gasteiger partial charge in [-0.1, -0.05) is 19.3 Å². The molecule has 1 rings (SSSR count). The average molecular weight is 818 g/mol. The summed E-state index contributed by atoms with van der Waals surface area (Å²) in [6, 6.07) is 0. The van der Waals surface area contributed by atoms with Gasteiger partial charge in [-0.3, -0.25) is 36.5 Å². The molecule has 1 saturated carbocycles. The Bertz CT molecular complexity index is 963. The molecule has 26 nitrogen and oxygen atoms in total. The predicted octanol–water partition coefficient (Wildman–Crippen LogP) is -2.24. The van der Waals surface area contributed by atoms with E-state index in [0.29, 0.717) is 0 Å². The molecule has 1 aliphatic rings. The van der Waals surface area contributed by atoms with Crippen molar-refractivity contribution in [2.75, 3.05) is 23.6 Å². The molecule has 20 N–H and O–H groups in total. The molecule has 0 bridgehead atoms. The molecule has 272 valence electrons. The second-order valence-corrected chi connectivity index (χ2v) is 23.8. The van der Waals surface area contributed by atoms with Crippen LogP contribution in [-0.2, 0) is 36.5 Å². The van der Waals surface area contributed by atoms with Crippen LogP contribution in [0, 0.1) is 0 Å². The van der Waals surface area contributed by atoms with Gasteiger partial charge in [-0.15, -0.1) is 0 Å². The molecule has 0 saturated heterocycles. The lowest BCUT2D eigenvalue weighted by Gasteiger charge is -2.28. The highest BCUT2D eigenvalue weighted by atomic mass is 31.3. The van der Waals surface area contributed by atoms with Crippen molar-refractivity contribution >= 4 is 60.8 Å². The molecule has 0 heterocycles. The van der Waals surface area contributed by atoms with Crippen LogP contribution in [0.5, 0.6) is 0 Å². The van der Waals surface area contributed by atoms with Gasteiger partial charge in [-0.2, -0.15) is 0 Å². The van der Waals surface area contributed by atoms with Crippen LogP contribution < -0.4 is 11.5 Å². The van der Waals surface area contributed by atoms with E-state index in [0.717, 1.165) is 12.8 Å². The van der Waals surface area contributed by atoms with E-state index in [9.17, 15) is 36.5 Å². The van der Waals surface area contributed by atoms with Crippen LogP contribution in [0.2, 0.25) is 0 Å². The third kappa shape index (κ3) is 62.0. The van der Waals surface area contributed by atoms with Crippen LogP contribution >= 0.6 is 60.8 Å². The van der Waals surface area contributed by atoms with E-state index in [1.807, 2.05) is 0 Å². The summed E-state index contributed by atoms with van der Waals surface area (Å²) in [5.41, 5.74) is 11.0. The molecule has 1 aliphatic carbocycles. The number of nitrogens with two attached hydrogens (primary N) is 2. The quantitative estimate of drug-likeness (QED) is 0.0909. The topological polar surface area (TPSA) is 512 Å². The lowest BCUT2D eigenvalue weighted by Crippen LogP contribution is -2.50. The highest BCUT2D eigenvalue weighted by molar-refractivity contribution is 7.70. The smallest absolute Gasteiger partial charge is 0.324 e. The first kappa shape index (κ1) is 51.9. The fourth-order valence-corrected chi connectivity index (χ4v) is 9.85. The van der Waals surface area contributed by atoms with Crippen molar-refractivity contribution in [3.05, 3.63) is 0 Å². The van der Waals surface area contributed by atoms with Crippen molar-refractivity contribution in [1.82, 2.24) is 0 Å².